The zero-order valence-electron chi connectivity index (χ0n) is 61.9. The minimum absolute atomic E-state index is 0.0657. The molecule has 3 atom stereocenters. The molecule has 0 aliphatic heterocycles. The number of quaternary nitrogens is 1. The van der Waals surface area contributed by atoms with Gasteiger partial charge in [-0.15, -0.1) is 0 Å². The van der Waals surface area contributed by atoms with Gasteiger partial charge in [-0.25, -0.2) is 4.57 Å². The third-order valence-corrected chi connectivity index (χ3v) is 20.5. The fraction of sp³-hybridized carbons (Fsp3) is 0.963. The van der Waals surface area contributed by atoms with Crippen molar-refractivity contribution in [2.75, 3.05) is 40.9 Å². The van der Waals surface area contributed by atoms with E-state index in [0.717, 1.165) is 32.1 Å². The predicted molar refractivity (Wildman–Crippen MR) is 397 cm³/mol. The second-order valence-corrected chi connectivity index (χ2v) is 31.3. The van der Waals surface area contributed by atoms with E-state index in [9.17, 15) is 19.4 Å². The first kappa shape index (κ1) is 89.2. The van der Waals surface area contributed by atoms with Gasteiger partial charge >= 0.3 is 7.82 Å². The highest BCUT2D eigenvalue weighted by atomic mass is 31.2. The maximum absolute atomic E-state index is 13.1. The van der Waals surface area contributed by atoms with Gasteiger partial charge in [-0.2, -0.15) is 0 Å². The Kier molecular flexibility index (Phi) is 71.9. The molecule has 90 heavy (non-hydrogen) atoms. The summed E-state index contributed by atoms with van der Waals surface area (Å²) in [7, 11) is 1.60. The summed E-state index contributed by atoms with van der Waals surface area (Å²) in [5.41, 5.74) is 0. The van der Waals surface area contributed by atoms with Gasteiger partial charge in [-0.1, -0.05) is 437 Å². The summed E-state index contributed by atoms with van der Waals surface area (Å²) in [5.74, 6) is -0.165. The molecule has 0 fully saturated rings. The zero-order chi connectivity index (χ0) is 65.5. The number of hydrogen-bond donors (Lipinski definition) is 3. The molecule has 0 radical (unpaired) electrons. The highest BCUT2D eigenvalue weighted by Gasteiger charge is 2.28. The summed E-state index contributed by atoms with van der Waals surface area (Å²) >= 11 is 0. The quantitative estimate of drug-likeness (QED) is 0.0243. The van der Waals surface area contributed by atoms with E-state index in [1.165, 1.54) is 398 Å². The molecule has 538 valence electrons. The van der Waals surface area contributed by atoms with Crippen molar-refractivity contribution in [3.8, 4) is 0 Å². The van der Waals surface area contributed by atoms with Gasteiger partial charge < -0.3 is 19.8 Å². The molecule has 0 rings (SSSR count). The maximum atomic E-state index is 13.1. The topological polar surface area (TPSA) is 105 Å². The first-order valence-corrected chi connectivity index (χ1v) is 42.6. The fourth-order valence-corrected chi connectivity index (χ4v) is 13.9. The van der Waals surface area contributed by atoms with Gasteiger partial charge in [-0.3, -0.25) is 13.8 Å². The number of hydrogen-bond acceptors (Lipinski definition) is 5. The van der Waals surface area contributed by atoms with E-state index in [2.05, 4.69) is 19.2 Å². The molecular formula is C81H164N2O6P+. The highest BCUT2D eigenvalue weighted by molar-refractivity contribution is 7.47. The number of allylic oxidation sites excluding steroid dienone is 1. The van der Waals surface area contributed by atoms with Crippen molar-refractivity contribution in [1.29, 1.82) is 0 Å². The molecule has 0 aliphatic carbocycles. The van der Waals surface area contributed by atoms with E-state index in [-0.39, 0.29) is 19.1 Å². The van der Waals surface area contributed by atoms with E-state index in [4.69, 9.17) is 9.05 Å². The zero-order valence-corrected chi connectivity index (χ0v) is 62.8. The molecule has 0 aromatic rings. The SMILES string of the molecule is CCCCCCCCCCCCCCCCCCCCCCCCCCCCCC/C=C/C(O)C(COP(=O)(O)OCC[N+](C)(C)C)NC(=O)CCCCCCCCCCCCCCCCCCCCCCCCCCCCCCCCCCCCCCCC. The van der Waals surface area contributed by atoms with Crippen molar-refractivity contribution in [3.05, 3.63) is 12.2 Å². The highest BCUT2D eigenvalue weighted by Crippen LogP contribution is 2.43. The average molecular weight is 1290 g/mol. The Hall–Kier alpha value is -0.760. The third-order valence-electron chi connectivity index (χ3n) is 19.5. The second kappa shape index (κ2) is 72.5. The number of carbonyl (C=O) groups is 1. The monoisotopic (exact) mass is 1290 g/mol. The molecule has 0 aromatic carbocycles. The molecule has 0 saturated carbocycles. The molecule has 3 unspecified atom stereocenters. The molecular weight excluding hydrogens is 1130 g/mol. The van der Waals surface area contributed by atoms with Crippen LogP contribution in [0.25, 0.3) is 0 Å². The van der Waals surface area contributed by atoms with E-state index in [1.807, 2.05) is 27.2 Å². The Morgan fingerprint density at radius 1 is 0.367 bits per heavy atom. The molecule has 0 heterocycles. The lowest BCUT2D eigenvalue weighted by Gasteiger charge is -2.25. The summed E-state index contributed by atoms with van der Waals surface area (Å²) in [5, 5.41) is 14.1. The van der Waals surface area contributed by atoms with Gasteiger partial charge in [0.05, 0.1) is 39.9 Å². The lowest BCUT2D eigenvalue weighted by molar-refractivity contribution is -0.870. The molecule has 0 bridgehead atoms. The van der Waals surface area contributed by atoms with Crippen molar-refractivity contribution in [3.63, 3.8) is 0 Å². The first-order chi connectivity index (χ1) is 44.0. The minimum Gasteiger partial charge on any atom is -0.387 e. The molecule has 1 amide bonds. The summed E-state index contributed by atoms with van der Waals surface area (Å²) in [6.45, 7) is 4.90. The van der Waals surface area contributed by atoms with Gasteiger partial charge in [0, 0.05) is 6.42 Å². The minimum atomic E-state index is -4.35. The fourth-order valence-electron chi connectivity index (χ4n) is 13.2. The Balaban J connectivity index is 3.90. The Bertz CT molecular complexity index is 1470. The van der Waals surface area contributed by atoms with Crippen LogP contribution in [0, 0.1) is 0 Å². The third kappa shape index (κ3) is 74.6. The molecule has 0 aliphatic rings. The molecule has 8 nitrogen and oxygen atoms in total. The van der Waals surface area contributed by atoms with Gasteiger partial charge in [0.25, 0.3) is 0 Å². The molecule has 0 aromatic heterocycles. The van der Waals surface area contributed by atoms with Crippen LogP contribution in [0.3, 0.4) is 0 Å². The number of phosphoric ester groups is 1. The number of nitrogens with one attached hydrogen (secondary N) is 1. The predicted octanol–water partition coefficient (Wildman–Crippen LogP) is 26.8. The van der Waals surface area contributed by atoms with Gasteiger partial charge in [-0.05, 0) is 19.3 Å². The van der Waals surface area contributed by atoms with Crippen molar-refractivity contribution < 1.29 is 32.9 Å². The number of amides is 1. The number of aliphatic hydroxyl groups excluding tert-OH is 1. The van der Waals surface area contributed by atoms with Crippen LogP contribution in [-0.2, 0) is 18.4 Å². The van der Waals surface area contributed by atoms with E-state index in [1.54, 1.807) is 6.08 Å². The van der Waals surface area contributed by atoms with Crippen LogP contribution in [0.1, 0.15) is 450 Å². The van der Waals surface area contributed by atoms with Crippen molar-refractivity contribution in [1.82, 2.24) is 5.32 Å². The summed E-state index contributed by atoms with van der Waals surface area (Å²) in [6.07, 6.45) is 95.7. The van der Waals surface area contributed by atoms with Crippen LogP contribution in [0.4, 0.5) is 0 Å². The lowest BCUT2D eigenvalue weighted by Crippen LogP contribution is -2.45. The van der Waals surface area contributed by atoms with Gasteiger partial charge in [0.1, 0.15) is 13.2 Å². The van der Waals surface area contributed by atoms with Crippen LogP contribution in [0.15, 0.2) is 12.2 Å². The van der Waals surface area contributed by atoms with Gasteiger partial charge in [0.15, 0.2) is 0 Å². The van der Waals surface area contributed by atoms with Crippen LogP contribution in [0.2, 0.25) is 0 Å². The van der Waals surface area contributed by atoms with E-state index < -0.39 is 20.0 Å². The van der Waals surface area contributed by atoms with Crippen molar-refractivity contribution in [2.24, 2.45) is 0 Å². The molecule has 0 spiro atoms. The number of rotatable bonds is 78. The second-order valence-electron chi connectivity index (χ2n) is 29.9. The standard InChI is InChI=1S/C81H163N2O6P/c1-6-8-10-12-14-16-18-20-22-24-26-28-30-32-34-36-38-39-40-41-42-43-44-45-47-49-51-53-55-57-59-61-63-65-67-69-71-73-75-81(85)82-79(78-89-90(86,87)88-77-76-83(3,4)5)80(84)74-72-70-68-66-64-62-60-58-56-54-52-50-48-46-37-35-33-31-29-27-25-23-21-19-17-15-13-11-9-7-2/h72,74,79-80,84H,6-71,73,75-78H2,1-5H3,(H-,82,85,86,87)/p+1/b74-72+. The summed E-state index contributed by atoms with van der Waals surface area (Å²) in [6, 6.07) is -0.845. The van der Waals surface area contributed by atoms with Crippen LogP contribution < -0.4 is 5.32 Å². The number of nitrogens with zero attached hydrogens (tertiary/aromatic N) is 1. The number of carbonyl (C=O) groups excluding carboxylic acids is 1. The van der Waals surface area contributed by atoms with E-state index >= 15 is 0 Å². The number of unbranched alkanes of at least 4 members (excludes halogenated alkanes) is 65. The maximum Gasteiger partial charge on any atom is 0.472 e. The smallest absolute Gasteiger partial charge is 0.387 e. The average Bonchev–Trinajstić information content (AvgIpc) is 3.39. The van der Waals surface area contributed by atoms with Crippen LogP contribution in [-0.4, -0.2) is 73.4 Å². The normalized spacial score (nSPS) is 13.5. The lowest BCUT2D eigenvalue weighted by atomic mass is 10.0. The van der Waals surface area contributed by atoms with Gasteiger partial charge in [0.2, 0.25) is 5.91 Å². The van der Waals surface area contributed by atoms with E-state index in [0.29, 0.717) is 17.4 Å². The Labute approximate surface area is 564 Å². The van der Waals surface area contributed by atoms with Crippen LogP contribution >= 0.6 is 7.82 Å². The van der Waals surface area contributed by atoms with Crippen LogP contribution in [0.5, 0.6) is 0 Å². The number of phosphoric acid groups is 1. The molecule has 0 saturated heterocycles. The number of likely N-dealkylation sites (N-methyl/N-ethyl adjacent to an activating group) is 1. The Morgan fingerprint density at radius 2 is 0.589 bits per heavy atom. The van der Waals surface area contributed by atoms with Crippen molar-refractivity contribution in [2.45, 2.75) is 463 Å². The molecule has 3 N–H and O–H groups in total. The first-order valence-electron chi connectivity index (χ1n) is 41.1. The van der Waals surface area contributed by atoms with Crippen molar-refractivity contribution >= 4 is 13.7 Å². The number of aliphatic hydroxyl groups is 1. The molecule has 9 heteroatoms. The summed E-state index contributed by atoms with van der Waals surface area (Å²) < 4.78 is 23.9. The summed E-state index contributed by atoms with van der Waals surface area (Å²) in [4.78, 5) is 23.5. The Morgan fingerprint density at radius 3 is 0.822 bits per heavy atom. The largest absolute Gasteiger partial charge is 0.472 e.